The molecule has 6 heteroatoms. The molecule has 0 spiro atoms. The lowest BCUT2D eigenvalue weighted by atomic mass is 10.1. The molecule has 1 atom stereocenters. The number of fused-ring (bicyclic) bond motifs is 1. The van der Waals surface area contributed by atoms with E-state index in [1.807, 2.05) is 6.07 Å². The zero-order valence-electron chi connectivity index (χ0n) is 11.1. The number of anilines is 1. The maximum atomic E-state index is 13.5. The normalized spacial score (nSPS) is 14.6. The maximum absolute atomic E-state index is 13.5. The van der Waals surface area contributed by atoms with E-state index in [1.165, 1.54) is 12.1 Å². The molecule has 1 unspecified atom stereocenters. The second-order valence-electron chi connectivity index (χ2n) is 4.82. The van der Waals surface area contributed by atoms with E-state index < -0.39 is 16.6 Å². The maximum Gasteiger partial charge on any atom is 0.147 e. The number of nitrogen functional groups attached to an aromatic ring is 1. The van der Waals surface area contributed by atoms with Crippen LogP contribution in [-0.4, -0.2) is 10.8 Å². The number of hydrogen-bond acceptors (Lipinski definition) is 3. The van der Waals surface area contributed by atoms with Crippen molar-refractivity contribution in [3.05, 3.63) is 52.3 Å². The zero-order chi connectivity index (χ0) is 15.0. The number of ether oxygens (including phenoxy) is 1. The van der Waals surface area contributed by atoms with Gasteiger partial charge in [-0.15, -0.1) is 0 Å². The quantitative estimate of drug-likeness (QED) is 0.881. The Balaban J connectivity index is 1.90. The average Bonchev–Trinajstić information content (AvgIpc) is 2.90. The van der Waals surface area contributed by atoms with Gasteiger partial charge in [0.05, 0.1) is 28.8 Å². The summed E-state index contributed by atoms with van der Waals surface area (Å²) in [5.74, 6) is 0.420. The van der Waals surface area contributed by atoms with Gasteiger partial charge < -0.3 is 10.5 Å². The highest BCUT2D eigenvalue weighted by Gasteiger charge is 2.19. The number of nitrogens with two attached hydrogens (primary N) is 1. The smallest absolute Gasteiger partial charge is 0.147 e. The van der Waals surface area contributed by atoms with Crippen LogP contribution in [0.3, 0.4) is 0 Å². The van der Waals surface area contributed by atoms with Gasteiger partial charge in [0.1, 0.15) is 11.6 Å². The molecule has 2 aromatic rings. The van der Waals surface area contributed by atoms with Crippen LogP contribution in [0.1, 0.15) is 11.1 Å². The molecule has 110 valence electrons. The summed E-state index contributed by atoms with van der Waals surface area (Å²) in [6.45, 7) is 0.603. The Bertz CT molecular complexity index is 736. The SMILES string of the molecule is Nc1ccc(S(=O)Cc2cc(Cl)cc3c2OCC3)cc1F. The lowest BCUT2D eigenvalue weighted by Gasteiger charge is -2.09. The first kappa shape index (κ1) is 14.4. The van der Waals surface area contributed by atoms with Gasteiger partial charge in [-0.3, -0.25) is 4.21 Å². The number of rotatable bonds is 3. The van der Waals surface area contributed by atoms with E-state index in [1.54, 1.807) is 12.1 Å². The van der Waals surface area contributed by atoms with E-state index in [2.05, 4.69) is 0 Å². The Hall–Kier alpha value is -1.59. The molecule has 2 N–H and O–H groups in total. The van der Waals surface area contributed by atoms with E-state index in [4.69, 9.17) is 22.1 Å². The average molecular weight is 326 g/mol. The molecule has 0 saturated carbocycles. The molecule has 0 amide bonds. The van der Waals surface area contributed by atoms with E-state index >= 15 is 0 Å². The minimum Gasteiger partial charge on any atom is -0.493 e. The van der Waals surface area contributed by atoms with E-state index in [0.29, 0.717) is 16.5 Å². The molecule has 1 heterocycles. The largest absolute Gasteiger partial charge is 0.493 e. The van der Waals surface area contributed by atoms with Gasteiger partial charge in [-0.05, 0) is 35.9 Å². The third-order valence-corrected chi connectivity index (χ3v) is 4.92. The summed E-state index contributed by atoms with van der Waals surface area (Å²) in [5, 5.41) is 0.592. The summed E-state index contributed by atoms with van der Waals surface area (Å²) in [7, 11) is -1.39. The van der Waals surface area contributed by atoms with Gasteiger partial charge in [0, 0.05) is 21.9 Å². The molecule has 1 aliphatic rings. The van der Waals surface area contributed by atoms with E-state index in [-0.39, 0.29) is 11.4 Å². The minimum absolute atomic E-state index is 0.0442. The summed E-state index contributed by atoms with van der Waals surface area (Å²) < 4.78 is 31.4. The van der Waals surface area contributed by atoms with Crippen molar-refractivity contribution in [2.75, 3.05) is 12.3 Å². The van der Waals surface area contributed by atoms with Gasteiger partial charge in [0.2, 0.25) is 0 Å². The Morgan fingerprint density at radius 3 is 2.90 bits per heavy atom. The predicted molar refractivity (Wildman–Crippen MR) is 81.6 cm³/mol. The van der Waals surface area contributed by atoms with Crippen molar-refractivity contribution in [1.82, 2.24) is 0 Å². The highest BCUT2D eigenvalue weighted by Crippen LogP contribution is 2.34. The molecular weight excluding hydrogens is 313 g/mol. The van der Waals surface area contributed by atoms with Crippen molar-refractivity contribution in [2.24, 2.45) is 0 Å². The number of benzene rings is 2. The van der Waals surface area contributed by atoms with Gasteiger partial charge in [-0.1, -0.05) is 11.6 Å². The Morgan fingerprint density at radius 2 is 2.14 bits per heavy atom. The predicted octanol–water partition coefficient (Wildman–Crippen LogP) is 3.30. The molecule has 0 aromatic heterocycles. The first-order valence-electron chi connectivity index (χ1n) is 6.42. The Morgan fingerprint density at radius 1 is 1.33 bits per heavy atom. The molecule has 1 aliphatic heterocycles. The third kappa shape index (κ3) is 2.89. The lowest BCUT2D eigenvalue weighted by Crippen LogP contribution is -2.01. The fourth-order valence-corrected chi connectivity index (χ4v) is 3.71. The van der Waals surface area contributed by atoms with Crippen LogP contribution >= 0.6 is 11.6 Å². The van der Waals surface area contributed by atoms with Crippen LogP contribution in [0.5, 0.6) is 5.75 Å². The highest BCUT2D eigenvalue weighted by atomic mass is 35.5. The van der Waals surface area contributed by atoms with Crippen molar-refractivity contribution in [2.45, 2.75) is 17.1 Å². The molecular formula is C15H13ClFNO2S. The molecule has 0 fully saturated rings. The summed E-state index contributed by atoms with van der Waals surface area (Å²) in [4.78, 5) is 0.397. The van der Waals surface area contributed by atoms with Crippen molar-refractivity contribution >= 4 is 28.1 Å². The third-order valence-electron chi connectivity index (χ3n) is 3.35. The fraction of sp³-hybridized carbons (Fsp3) is 0.200. The van der Waals surface area contributed by atoms with Crippen LogP contribution in [0, 0.1) is 5.82 Å². The fourth-order valence-electron chi connectivity index (χ4n) is 2.33. The molecule has 0 bridgehead atoms. The lowest BCUT2D eigenvalue weighted by molar-refractivity contribution is 0.354. The second-order valence-corrected chi connectivity index (χ2v) is 6.71. The number of hydrogen-bond donors (Lipinski definition) is 1. The molecule has 3 rings (SSSR count). The minimum atomic E-state index is -1.39. The second kappa shape index (κ2) is 5.66. The monoisotopic (exact) mass is 325 g/mol. The zero-order valence-corrected chi connectivity index (χ0v) is 12.6. The first-order chi connectivity index (χ1) is 10.0. The molecule has 0 aliphatic carbocycles. The van der Waals surface area contributed by atoms with Gasteiger partial charge in [0.15, 0.2) is 0 Å². The molecule has 0 saturated heterocycles. The molecule has 21 heavy (non-hydrogen) atoms. The van der Waals surface area contributed by atoms with Crippen molar-refractivity contribution < 1.29 is 13.3 Å². The van der Waals surface area contributed by atoms with Crippen molar-refractivity contribution in [1.29, 1.82) is 0 Å². The summed E-state index contributed by atoms with van der Waals surface area (Å²) in [5.41, 5.74) is 7.28. The van der Waals surface area contributed by atoms with Crippen LogP contribution < -0.4 is 10.5 Å². The van der Waals surface area contributed by atoms with Gasteiger partial charge >= 0.3 is 0 Å². The topological polar surface area (TPSA) is 52.3 Å². The van der Waals surface area contributed by atoms with Gasteiger partial charge in [0.25, 0.3) is 0 Å². The standard InChI is InChI=1S/C15H13ClFNO2S/c16-11-5-9-3-4-20-15(9)10(6-11)8-21(19)12-1-2-14(18)13(17)7-12/h1-2,5-7H,3-4,8,18H2. The van der Waals surface area contributed by atoms with Crippen LogP contribution in [0.15, 0.2) is 35.2 Å². The van der Waals surface area contributed by atoms with Crippen molar-refractivity contribution in [3.8, 4) is 5.75 Å². The van der Waals surface area contributed by atoms with E-state index in [9.17, 15) is 8.60 Å². The summed E-state index contributed by atoms with van der Waals surface area (Å²) in [6.07, 6.45) is 0.798. The van der Waals surface area contributed by atoms with Crippen LogP contribution in [0.4, 0.5) is 10.1 Å². The van der Waals surface area contributed by atoms with E-state index in [0.717, 1.165) is 23.3 Å². The summed E-state index contributed by atoms with van der Waals surface area (Å²) in [6, 6.07) is 7.80. The van der Waals surface area contributed by atoms with Crippen LogP contribution in [0.25, 0.3) is 0 Å². The van der Waals surface area contributed by atoms with Gasteiger partial charge in [-0.25, -0.2) is 4.39 Å². The van der Waals surface area contributed by atoms with Crippen molar-refractivity contribution in [3.63, 3.8) is 0 Å². The van der Waals surface area contributed by atoms with Crippen LogP contribution in [0.2, 0.25) is 5.02 Å². The highest BCUT2D eigenvalue weighted by molar-refractivity contribution is 7.84. The Labute approximate surface area is 129 Å². The van der Waals surface area contributed by atoms with Gasteiger partial charge in [-0.2, -0.15) is 0 Å². The molecule has 3 nitrogen and oxygen atoms in total. The number of halogens is 2. The Kier molecular flexibility index (Phi) is 3.87. The first-order valence-corrected chi connectivity index (χ1v) is 8.12. The summed E-state index contributed by atoms with van der Waals surface area (Å²) >= 11 is 6.07. The van der Waals surface area contributed by atoms with Crippen LogP contribution in [-0.2, 0) is 23.0 Å². The molecule has 2 aromatic carbocycles. The molecule has 0 radical (unpaired) electrons.